The highest BCUT2D eigenvalue weighted by atomic mass is 79.9. The highest BCUT2D eigenvalue weighted by molar-refractivity contribution is 9.10. The van der Waals surface area contributed by atoms with Crippen molar-refractivity contribution in [1.82, 2.24) is 4.90 Å². The Bertz CT molecular complexity index is 687. The van der Waals surface area contributed by atoms with Crippen molar-refractivity contribution in [3.05, 3.63) is 34.8 Å². The zero-order valence-corrected chi connectivity index (χ0v) is 16.5. The Morgan fingerprint density at radius 1 is 1.32 bits per heavy atom. The number of nitrogens with one attached hydrogen (secondary N) is 1. The summed E-state index contributed by atoms with van der Waals surface area (Å²) in [6, 6.07) is 3.57. The second-order valence-electron chi connectivity index (χ2n) is 7.39. The lowest BCUT2D eigenvalue weighted by Gasteiger charge is -2.30. The number of halogens is 1. The monoisotopic (exact) mass is 408 g/mol. The van der Waals surface area contributed by atoms with E-state index in [0.29, 0.717) is 31.6 Å². The first-order chi connectivity index (χ1) is 11.6. The lowest BCUT2D eigenvalue weighted by Crippen LogP contribution is -2.40. The molecule has 1 heterocycles. The van der Waals surface area contributed by atoms with Gasteiger partial charge in [0.1, 0.15) is 5.75 Å². The quantitative estimate of drug-likeness (QED) is 0.589. The van der Waals surface area contributed by atoms with Crippen molar-refractivity contribution < 1.29 is 14.7 Å². The molecule has 0 atom stereocenters. The predicted octanol–water partition coefficient (Wildman–Crippen LogP) is 3.82. The third-order valence-electron chi connectivity index (χ3n) is 4.49. The average molecular weight is 409 g/mol. The van der Waals surface area contributed by atoms with Crippen molar-refractivity contribution in [3.63, 3.8) is 0 Å². The number of benzene rings is 1. The standard InChI is InChI=1S/C19H25BrN2O3/c1-5-16(23)22-8-6-12(7-9-22)18(25)21-15-11-13(20)10-14(17(15)24)19(2,3)4/h5,10-12,24H,1,6-9H2,2-4H3,(H,21,25). The van der Waals surface area contributed by atoms with E-state index in [1.165, 1.54) is 6.08 Å². The van der Waals surface area contributed by atoms with Crippen LogP contribution in [0.25, 0.3) is 0 Å². The Morgan fingerprint density at radius 3 is 2.44 bits per heavy atom. The molecular weight excluding hydrogens is 384 g/mol. The molecule has 1 fully saturated rings. The number of nitrogens with zero attached hydrogens (tertiary/aromatic N) is 1. The van der Waals surface area contributed by atoms with Crippen LogP contribution < -0.4 is 5.32 Å². The molecule has 1 aliphatic heterocycles. The van der Waals surface area contributed by atoms with Gasteiger partial charge in [0.15, 0.2) is 0 Å². The minimum Gasteiger partial charge on any atom is -0.505 e. The number of piperidine rings is 1. The third-order valence-corrected chi connectivity index (χ3v) is 4.95. The van der Waals surface area contributed by atoms with E-state index in [9.17, 15) is 14.7 Å². The van der Waals surface area contributed by atoms with E-state index in [4.69, 9.17) is 0 Å². The first-order valence-electron chi connectivity index (χ1n) is 8.38. The van der Waals surface area contributed by atoms with Gasteiger partial charge in [-0.3, -0.25) is 9.59 Å². The van der Waals surface area contributed by atoms with Crippen LogP contribution in [0.5, 0.6) is 5.75 Å². The Kier molecular flexibility index (Phi) is 5.93. The molecule has 5 nitrogen and oxygen atoms in total. The first kappa shape index (κ1) is 19.5. The summed E-state index contributed by atoms with van der Waals surface area (Å²) in [6.45, 7) is 10.6. The second kappa shape index (κ2) is 7.60. The van der Waals surface area contributed by atoms with Gasteiger partial charge < -0.3 is 15.3 Å². The Labute approximate surface area is 157 Å². The molecular formula is C19H25BrN2O3. The number of carbonyl (C=O) groups is 2. The van der Waals surface area contributed by atoms with Gasteiger partial charge in [0.25, 0.3) is 0 Å². The van der Waals surface area contributed by atoms with Gasteiger partial charge in [-0.05, 0) is 36.5 Å². The molecule has 0 spiro atoms. The topological polar surface area (TPSA) is 69.6 Å². The van der Waals surface area contributed by atoms with Crippen molar-refractivity contribution in [2.75, 3.05) is 18.4 Å². The van der Waals surface area contributed by atoms with Gasteiger partial charge in [-0.1, -0.05) is 43.3 Å². The number of phenols is 1. The minimum atomic E-state index is -0.246. The molecule has 6 heteroatoms. The maximum Gasteiger partial charge on any atom is 0.245 e. The number of phenolic OH excluding ortho intramolecular Hbond substituents is 1. The van der Waals surface area contributed by atoms with Crippen molar-refractivity contribution in [3.8, 4) is 5.75 Å². The lowest BCUT2D eigenvalue weighted by molar-refractivity contribution is -0.130. The van der Waals surface area contributed by atoms with E-state index >= 15 is 0 Å². The predicted molar refractivity (Wildman–Crippen MR) is 103 cm³/mol. The van der Waals surface area contributed by atoms with E-state index in [0.717, 1.165) is 10.0 Å². The number of likely N-dealkylation sites (tertiary alicyclic amines) is 1. The van der Waals surface area contributed by atoms with E-state index in [1.807, 2.05) is 26.8 Å². The van der Waals surface area contributed by atoms with Crippen molar-refractivity contribution in [2.45, 2.75) is 39.0 Å². The number of anilines is 1. The molecule has 1 saturated heterocycles. The number of hydrogen-bond acceptors (Lipinski definition) is 3. The molecule has 1 aromatic rings. The Balaban J connectivity index is 2.10. The Morgan fingerprint density at radius 2 is 1.92 bits per heavy atom. The highest BCUT2D eigenvalue weighted by Crippen LogP contribution is 2.39. The fourth-order valence-corrected chi connectivity index (χ4v) is 3.45. The molecule has 0 radical (unpaired) electrons. The zero-order valence-electron chi connectivity index (χ0n) is 14.9. The van der Waals surface area contributed by atoms with Gasteiger partial charge in [-0.15, -0.1) is 0 Å². The van der Waals surface area contributed by atoms with Gasteiger partial charge in [0.2, 0.25) is 11.8 Å². The normalized spacial score (nSPS) is 15.8. The largest absolute Gasteiger partial charge is 0.505 e. The average Bonchev–Trinajstić information content (AvgIpc) is 2.56. The number of amides is 2. The van der Waals surface area contributed by atoms with Crippen LogP contribution >= 0.6 is 15.9 Å². The van der Waals surface area contributed by atoms with Gasteiger partial charge in [-0.2, -0.15) is 0 Å². The lowest BCUT2D eigenvalue weighted by atomic mass is 9.86. The highest BCUT2D eigenvalue weighted by Gasteiger charge is 2.28. The van der Waals surface area contributed by atoms with E-state index in [2.05, 4.69) is 27.8 Å². The van der Waals surface area contributed by atoms with Gasteiger partial charge in [-0.25, -0.2) is 0 Å². The molecule has 0 bridgehead atoms. The second-order valence-corrected chi connectivity index (χ2v) is 8.31. The number of hydrogen-bond donors (Lipinski definition) is 2. The van der Waals surface area contributed by atoms with Crippen LogP contribution in [0.15, 0.2) is 29.3 Å². The minimum absolute atomic E-state index is 0.0988. The molecule has 25 heavy (non-hydrogen) atoms. The molecule has 2 amide bonds. The molecule has 1 aromatic carbocycles. The van der Waals surface area contributed by atoms with E-state index in [-0.39, 0.29) is 28.9 Å². The zero-order chi connectivity index (χ0) is 18.8. The van der Waals surface area contributed by atoms with Crippen LogP contribution in [0.2, 0.25) is 0 Å². The molecule has 2 rings (SSSR count). The van der Waals surface area contributed by atoms with Gasteiger partial charge in [0.05, 0.1) is 5.69 Å². The summed E-state index contributed by atoms with van der Waals surface area (Å²) in [5, 5.41) is 13.4. The number of carbonyl (C=O) groups excluding carboxylic acids is 2. The summed E-state index contributed by atoms with van der Waals surface area (Å²) in [7, 11) is 0. The van der Waals surface area contributed by atoms with Crippen molar-refractivity contribution in [1.29, 1.82) is 0 Å². The third kappa shape index (κ3) is 4.63. The summed E-state index contributed by atoms with van der Waals surface area (Å²) < 4.78 is 0.803. The van der Waals surface area contributed by atoms with Gasteiger partial charge in [0, 0.05) is 29.0 Å². The van der Waals surface area contributed by atoms with Crippen LogP contribution in [0.3, 0.4) is 0 Å². The molecule has 136 valence electrons. The van der Waals surface area contributed by atoms with Crippen molar-refractivity contribution in [2.24, 2.45) is 5.92 Å². The molecule has 0 saturated carbocycles. The van der Waals surface area contributed by atoms with Crippen LogP contribution in [0.4, 0.5) is 5.69 Å². The fraction of sp³-hybridized carbons (Fsp3) is 0.474. The smallest absolute Gasteiger partial charge is 0.245 e. The first-order valence-corrected chi connectivity index (χ1v) is 9.18. The molecule has 0 aliphatic carbocycles. The summed E-state index contributed by atoms with van der Waals surface area (Å²) in [5.41, 5.74) is 0.932. The van der Waals surface area contributed by atoms with Crippen LogP contribution in [-0.2, 0) is 15.0 Å². The summed E-state index contributed by atoms with van der Waals surface area (Å²) in [5.74, 6) is -0.300. The summed E-state index contributed by atoms with van der Waals surface area (Å²) in [4.78, 5) is 25.9. The van der Waals surface area contributed by atoms with Gasteiger partial charge >= 0.3 is 0 Å². The maximum atomic E-state index is 12.6. The molecule has 1 aliphatic rings. The summed E-state index contributed by atoms with van der Waals surface area (Å²) in [6.07, 6.45) is 2.51. The van der Waals surface area contributed by atoms with Crippen molar-refractivity contribution >= 4 is 33.4 Å². The molecule has 0 aromatic heterocycles. The van der Waals surface area contributed by atoms with Crippen LogP contribution in [-0.4, -0.2) is 34.9 Å². The Hall–Kier alpha value is -1.82. The van der Waals surface area contributed by atoms with Crippen LogP contribution in [0.1, 0.15) is 39.2 Å². The number of aromatic hydroxyl groups is 1. The fourth-order valence-electron chi connectivity index (χ4n) is 2.99. The SMILES string of the molecule is C=CC(=O)N1CCC(C(=O)Nc2cc(Br)cc(C(C)(C)C)c2O)CC1. The molecule has 0 unspecified atom stereocenters. The maximum absolute atomic E-state index is 12.6. The van der Waals surface area contributed by atoms with Crippen LogP contribution in [0, 0.1) is 5.92 Å². The number of rotatable bonds is 3. The van der Waals surface area contributed by atoms with E-state index in [1.54, 1.807) is 11.0 Å². The van der Waals surface area contributed by atoms with E-state index < -0.39 is 0 Å². The summed E-state index contributed by atoms with van der Waals surface area (Å²) >= 11 is 3.44. The molecule has 2 N–H and O–H groups in total.